The first kappa shape index (κ1) is 16.2. The van der Waals surface area contributed by atoms with Crippen molar-refractivity contribution in [1.29, 1.82) is 0 Å². The molecule has 0 saturated heterocycles. The molecule has 0 saturated carbocycles. The van der Waals surface area contributed by atoms with Crippen molar-refractivity contribution >= 4 is 10.0 Å². The zero-order valence-electron chi connectivity index (χ0n) is 13.4. The molecule has 0 spiro atoms. The van der Waals surface area contributed by atoms with Crippen molar-refractivity contribution in [3.8, 4) is 0 Å². The summed E-state index contributed by atoms with van der Waals surface area (Å²) in [6.45, 7) is 4.40. The van der Waals surface area contributed by atoms with E-state index in [-0.39, 0.29) is 4.90 Å². The quantitative estimate of drug-likeness (QED) is 0.884. The summed E-state index contributed by atoms with van der Waals surface area (Å²) in [6, 6.07) is 1.13. The van der Waals surface area contributed by atoms with E-state index in [9.17, 15) is 8.42 Å². The van der Waals surface area contributed by atoms with Gasteiger partial charge in [0.25, 0.3) is 0 Å². The van der Waals surface area contributed by atoms with Crippen LogP contribution < -0.4 is 4.72 Å². The van der Waals surface area contributed by atoms with Gasteiger partial charge in [0.2, 0.25) is 10.0 Å². The maximum Gasteiger partial charge on any atom is 0.244 e. The number of fused-ring (bicyclic) bond motifs is 1. The van der Waals surface area contributed by atoms with E-state index < -0.39 is 16.1 Å². The number of ether oxygens (including phenoxy) is 1. The zero-order chi connectivity index (χ0) is 16.6. The number of aryl methyl sites for hydroxylation is 3. The lowest BCUT2D eigenvalue weighted by molar-refractivity contribution is 0.177. The Morgan fingerprint density at radius 2 is 2.26 bits per heavy atom. The molecular weight excluding hydrogens is 320 g/mol. The van der Waals surface area contributed by atoms with Crippen LogP contribution in [0.3, 0.4) is 0 Å². The molecule has 1 N–H and O–H groups in total. The topological polar surface area (TPSA) is 99.2 Å². The molecule has 0 radical (unpaired) electrons. The number of nitrogens with one attached hydrogen (secondary N) is 1. The molecule has 0 unspecified atom stereocenters. The van der Waals surface area contributed by atoms with Crippen LogP contribution in [0.2, 0.25) is 0 Å². The van der Waals surface area contributed by atoms with Gasteiger partial charge in [-0.2, -0.15) is 5.10 Å². The van der Waals surface area contributed by atoms with Gasteiger partial charge in [-0.15, -0.1) is 0 Å². The highest BCUT2D eigenvalue weighted by Crippen LogP contribution is 2.27. The van der Waals surface area contributed by atoms with E-state index in [0.717, 1.165) is 13.0 Å². The van der Waals surface area contributed by atoms with E-state index in [1.807, 2.05) is 0 Å². The minimum absolute atomic E-state index is 0.170. The third-order valence-corrected chi connectivity index (χ3v) is 5.35. The van der Waals surface area contributed by atoms with Gasteiger partial charge in [-0.3, -0.25) is 0 Å². The fourth-order valence-electron chi connectivity index (χ4n) is 2.83. The van der Waals surface area contributed by atoms with E-state index in [2.05, 4.69) is 14.8 Å². The Labute approximate surface area is 134 Å². The second kappa shape index (κ2) is 6.06. The van der Waals surface area contributed by atoms with E-state index in [1.54, 1.807) is 25.6 Å². The molecule has 0 aromatic carbocycles. The molecule has 2 aromatic rings. The second-order valence-corrected chi connectivity index (χ2v) is 7.32. The Hall–Kier alpha value is -1.71. The first-order valence-corrected chi connectivity index (χ1v) is 8.91. The Balaban J connectivity index is 1.88. The minimum atomic E-state index is -3.67. The zero-order valence-corrected chi connectivity index (χ0v) is 14.2. The highest BCUT2D eigenvalue weighted by molar-refractivity contribution is 7.89. The highest BCUT2D eigenvalue weighted by Gasteiger charge is 2.30. The number of rotatable bonds is 5. The molecule has 1 atom stereocenters. The number of aromatic nitrogens is 3. The third kappa shape index (κ3) is 3.17. The van der Waals surface area contributed by atoms with Crippen molar-refractivity contribution in [2.45, 2.75) is 50.8 Å². The fraction of sp³-hybridized carbons (Fsp3) is 0.571. The minimum Gasteiger partial charge on any atom is -0.465 e. The molecule has 0 fully saturated rings. The van der Waals surface area contributed by atoms with Crippen molar-refractivity contribution in [2.75, 3.05) is 7.11 Å². The first-order valence-electron chi connectivity index (χ1n) is 7.42. The molecule has 3 rings (SSSR count). The van der Waals surface area contributed by atoms with Gasteiger partial charge in [-0.25, -0.2) is 22.8 Å². The average molecular weight is 340 g/mol. The van der Waals surface area contributed by atoms with Gasteiger partial charge < -0.3 is 9.15 Å². The molecule has 0 aliphatic carbocycles. The Morgan fingerprint density at radius 3 is 2.91 bits per heavy atom. The van der Waals surface area contributed by atoms with E-state index in [0.29, 0.717) is 36.2 Å². The third-order valence-electron chi connectivity index (χ3n) is 3.77. The Kier molecular flexibility index (Phi) is 4.26. The lowest BCUT2D eigenvalue weighted by Gasteiger charge is -2.22. The maximum absolute atomic E-state index is 12.6. The van der Waals surface area contributed by atoms with Crippen LogP contribution in [0, 0.1) is 13.8 Å². The molecule has 126 valence electrons. The van der Waals surface area contributed by atoms with Crippen molar-refractivity contribution < 1.29 is 17.6 Å². The van der Waals surface area contributed by atoms with Gasteiger partial charge in [0.1, 0.15) is 28.8 Å². The number of hydrogen-bond donors (Lipinski definition) is 1. The lowest BCUT2D eigenvalue weighted by Crippen LogP contribution is -2.33. The molecular formula is C14H20N4O4S. The molecule has 8 nitrogen and oxygen atoms in total. The highest BCUT2D eigenvalue weighted by atomic mass is 32.2. The van der Waals surface area contributed by atoms with Crippen LogP contribution in [-0.4, -0.2) is 30.3 Å². The number of furan rings is 1. The summed E-state index contributed by atoms with van der Waals surface area (Å²) in [7, 11) is -2.10. The van der Waals surface area contributed by atoms with Crippen LogP contribution in [0.4, 0.5) is 0 Å². The summed E-state index contributed by atoms with van der Waals surface area (Å²) >= 11 is 0. The second-order valence-electron chi connectivity index (χ2n) is 5.64. The molecule has 0 bridgehead atoms. The van der Waals surface area contributed by atoms with Crippen molar-refractivity contribution in [1.82, 2.24) is 19.5 Å². The number of methoxy groups -OCH3 is 1. The lowest BCUT2D eigenvalue weighted by atomic mass is 10.1. The monoisotopic (exact) mass is 340 g/mol. The van der Waals surface area contributed by atoms with Gasteiger partial charge >= 0.3 is 0 Å². The summed E-state index contributed by atoms with van der Waals surface area (Å²) in [5, 5.41) is 4.34. The number of hydrogen-bond acceptors (Lipinski definition) is 6. The normalized spacial score (nSPS) is 18.1. The van der Waals surface area contributed by atoms with E-state index in [1.165, 1.54) is 6.07 Å². The maximum atomic E-state index is 12.6. The molecule has 23 heavy (non-hydrogen) atoms. The van der Waals surface area contributed by atoms with Gasteiger partial charge in [0, 0.05) is 13.7 Å². The van der Waals surface area contributed by atoms with Gasteiger partial charge in [-0.05, 0) is 32.8 Å². The molecule has 0 amide bonds. The summed E-state index contributed by atoms with van der Waals surface area (Å²) in [5.41, 5.74) is 0. The van der Waals surface area contributed by atoms with Crippen LogP contribution in [0.25, 0.3) is 0 Å². The molecule has 9 heteroatoms. The smallest absolute Gasteiger partial charge is 0.244 e. The summed E-state index contributed by atoms with van der Waals surface area (Å²) < 4.78 is 40.1. The fourth-order valence-corrected chi connectivity index (χ4v) is 4.29. The van der Waals surface area contributed by atoms with Crippen LogP contribution >= 0.6 is 0 Å². The number of sulfonamides is 1. The SMILES string of the molecule is COCc1nc2n(n1)CCC[C@H]2NS(=O)(=O)c1cc(C)oc1C. The standard InChI is InChI=1S/C14H20N4O4S/c1-9-7-12(10(2)22-9)23(19,20)17-11-5-4-6-18-14(11)15-13(16-18)8-21-3/h7,11,17H,4-6,8H2,1-3H3/t11-/m1/s1. The summed E-state index contributed by atoms with van der Waals surface area (Å²) in [4.78, 5) is 4.57. The van der Waals surface area contributed by atoms with Crippen LogP contribution in [0.5, 0.6) is 0 Å². The first-order chi connectivity index (χ1) is 10.9. The van der Waals surface area contributed by atoms with Crippen molar-refractivity contribution in [2.24, 2.45) is 0 Å². The van der Waals surface area contributed by atoms with Crippen LogP contribution in [-0.2, 0) is 27.9 Å². The Morgan fingerprint density at radius 1 is 1.48 bits per heavy atom. The average Bonchev–Trinajstić information content (AvgIpc) is 3.02. The largest absolute Gasteiger partial charge is 0.465 e. The summed E-state index contributed by atoms with van der Waals surface area (Å²) in [5.74, 6) is 2.14. The van der Waals surface area contributed by atoms with Gasteiger partial charge in [0.15, 0.2) is 5.82 Å². The van der Waals surface area contributed by atoms with Gasteiger partial charge in [-0.1, -0.05) is 0 Å². The number of nitrogens with zero attached hydrogens (tertiary/aromatic N) is 3. The Bertz CT molecular complexity index is 809. The van der Waals surface area contributed by atoms with Crippen molar-refractivity contribution in [3.63, 3.8) is 0 Å². The summed E-state index contributed by atoms with van der Waals surface area (Å²) in [6.07, 6.45) is 1.51. The molecule has 1 aliphatic rings. The van der Waals surface area contributed by atoms with Crippen molar-refractivity contribution in [3.05, 3.63) is 29.2 Å². The molecule has 3 heterocycles. The van der Waals surface area contributed by atoms with Crippen LogP contribution in [0.1, 0.15) is 42.1 Å². The predicted molar refractivity (Wildman–Crippen MR) is 81.2 cm³/mol. The predicted octanol–water partition coefficient (Wildman–Crippen LogP) is 1.45. The van der Waals surface area contributed by atoms with E-state index in [4.69, 9.17) is 9.15 Å². The van der Waals surface area contributed by atoms with E-state index >= 15 is 0 Å². The molecule has 1 aliphatic heterocycles. The molecule has 2 aromatic heterocycles. The van der Waals surface area contributed by atoms with Crippen LogP contribution in [0.15, 0.2) is 15.4 Å². The van der Waals surface area contributed by atoms with Gasteiger partial charge in [0.05, 0.1) is 6.04 Å².